The number of benzene rings is 1. The van der Waals surface area contributed by atoms with Crippen LogP contribution in [0.1, 0.15) is 19.4 Å². The first-order chi connectivity index (χ1) is 7.15. The van der Waals surface area contributed by atoms with E-state index in [1.807, 2.05) is 0 Å². The zero-order valence-corrected chi connectivity index (χ0v) is 9.83. The van der Waals surface area contributed by atoms with E-state index in [1.165, 1.54) is 11.3 Å². The normalized spacial score (nSPS) is 26.7. The highest BCUT2D eigenvalue weighted by Gasteiger charge is 2.20. The van der Waals surface area contributed by atoms with Crippen molar-refractivity contribution in [3.63, 3.8) is 0 Å². The topological polar surface area (TPSA) is 15.3 Å². The molecule has 0 aromatic heterocycles. The van der Waals surface area contributed by atoms with Gasteiger partial charge in [0.1, 0.15) is 0 Å². The lowest BCUT2D eigenvalue weighted by Gasteiger charge is -2.37. The molecule has 1 aliphatic heterocycles. The third-order valence-electron chi connectivity index (χ3n) is 2.92. The summed E-state index contributed by atoms with van der Waals surface area (Å²) >= 11 is 0. The van der Waals surface area contributed by atoms with Gasteiger partial charge in [0.25, 0.3) is 0 Å². The Balaban J connectivity index is 2.16. The van der Waals surface area contributed by atoms with Crippen LogP contribution in [0.25, 0.3) is 0 Å². The Morgan fingerprint density at radius 3 is 2.47 bits per heavy atom. The predicted octanol–water partition coefficient (Wildman–Crippen LogP) is 2.18. The Morgan fingerprint density at radius 1 is 1.20 bits per heavy atom. The Kier molecular flexibility index (Phi) is 2.96. The number of nitrogens with zero attached hydrogens (tertiary/aromatic N) is 1. The smallest absolute Gasteiger partial charge is 0.0369 e. The van der Waals surface area contributed by atoms with E-state index in [2.05, 4.69) is 55.3 Å². The van der Waals surface area contributed by atoms with Crippen molar-refractivity contribution in [2.75, 3.05) is 18.0 Å². The highest BCUT2D eigenvalue weighted by molar-refractivity contribution is 5.49. The average Bonchev–Trinajstić information content (AvgIpc) is 2.16. The molecule has 15 heavy (non-hydrogen) atoms. The summed E-state index contributed by atoms with van der Waals surface area (Å²) in [6.45, 7) is 8.86. The zero-order valence-electron chi connectivity index (χ0n) is 9.83. The second-order valence-corrected chi connectivity index (χ2v) is 4.71. The van der Waals surface area contributed by atoms with Crippen LogP contribution in [0.15, 0.2) is 24.3 Å². The van der Waals surface area contributed by atoms with Crippen LogP contribution in [-0.4, -0.2) is 25.2 Å². The fraction of sp³-hybridized carbons (Fsp3) is 0.538. The van der Waals surface area contributed by atoms with Gasteiger partial charge in [0.2, 0.25) is 0 Å². The highest BCUT2D eigenvalue weighted by Crippen LogP contribution is 2.18. The molecular weight excluding hydrogens is 184 g/mol. The van der Waals surface area contributed by atoms with Crippen LogP contribution in [0.5, 0.6) is 0 Å². The van der Waals surface area contributed by atoms with Crippen molar-refractivity contribution in [2.45, 2.75) is 32.9 Å². The Hall–Kier alpha value is -1.02. The van der Waals surface area contributed by atoms with Gasteiger partial charge in [-0.15, -0.1) is 0 Å². The molecule has 0 saturated carbocycles. The molecular formula is C13H20N2. The quantitative estimate of drug-likeness (QED) is 0.754. The molecule has 1 aromatic rings. The monoisotopic (exact) mass is 204 g/mol. The van der Waals surface area contributed by atoms with Crippen LogP contribution in [-0.2, 0) is 0 Å². The predicted molar refractivity (Wildman–Crippen MR) is 65.5 cm³/mol. The van der Waals surface area contributed by atoms with Gasteiger partial charge in [-0.05, 0) is 38.5 Å². The van der Waals surface area contributed by atoms with Crippen molar-refractivity contribution in [1.29, 1.82) is 0 Å². The molecule has 2 rings (SSSR count). The van der Waals surface area contributed by atoms with Gasteiger partial charge in [0.05, 0.1) is 0 Å². The largest absolute Gasteiger partial charge is 0.368 e. The van der Waals surface area contributed by atoms with E-state index in [0.29, 0.717) is 12.1 Å². The molecule has 2 nitrogen and oxygen atoms in total. The van der Waals surface area contributed by atoms with E-state index in [9.17, 15) is 0 Å². The van der Waals surface area contributed by atoms with Gasteiger partial charge in [-0.2, -0.15) is 0 Å². The maximum absolute atomic E-state index is 3.55. The van der Waals surface area contributed by atoms with Gasteiger partial charge >= 0.3 is 0 Å². The number of rotatable bonds is 1. The van der Waals surface area contributed by atoms with E-state index in [0.717, 1.165) is 13.1 Å². The Labute approximate surface area is 92.3 Å². The van der Waals surface area contributed by atoms with Crippen molar-refractivity contribution < 1.29 is 0 Å². The lowest BCUT2D eigenvalue weighted by Crippen LogP contribution is -2.54. The minimum absolute atomic E-state index is 0.578. The summed E-state index contributed by atoms with van der Waals surface area (Å²) in [7, 11) is 0. The second kappa shape index (κ2) is 4.23. The Morgan fingerprint density at radius 2 is 1.87 bits per heavy atom. The van der Waals surface area contributed by atoms with Gasteiger partial charge < -0.3 is 10.2 Å². The SMILES string of the molecule is Cc1cccc(N2CC(C)NC(C)C2)c1. The number of hydrogen-bond donors (Lipinski definition) is 1. The van der Waals surface area contributed by atoms with E-state index in [4.69, 9.17) is 0 Å². The first kappa shape index (κ1) is 10.5. The second-order valence-electron chi connectivity index (χ2n) is 4.71. The highest BCUT2D eigenvalue weighted by atomic mass is 15.2. The van der Waals surface area contributed by atoms with Crippen molar-refractivity contribution >= 4 is 5.69 Å². The molecule has 2 atom stereocenters. The number of nitrogens with one attached hydrogen (secondary N) is 1. The molecule has 0 amide bonds. The average molecular weight is 204 g/mol. The van der Waals surface area contributed by atoms with Crippen molar-refractivity contribution in [2.24, 2.45) is 0 Å². The summed E-state index contributed by atoms with van der Waals surface area (Å²) in [4.78, 5) is 2.47. The molecule has 1 heterocycles. The van der Waals surface area contributed by atoms with Crippen LogP contribution >= 0.6 is 0 Å². The number of piperazine rings is 1. The molecule has 2 heteroatoms. The zero-order chi connectivity index (χ0) is 10.8. The summed E-state index contributed by atoms with van der Waals surface area (Å²) < 4.78 is 0. The van der Waals surface area contributed by atoms with Crippen LogP contribution in [0, 0.1) is 6.92 Å². The molecule has 1 saturated heterocycles. The van der Waals surface area contributed by atoms with E-state index < -0.39 is 0 Å². The van der Waals surface area contributed by atoms with Gasteiger partial charge in [-0.25, -0.2) is 0 Å². The lowest BCUT2D eigenvalue weighted by molar-refractivity contribution is 0.407. The van der Waals surface area contributed by atoms with Crippen molar-refractivity contribution in [1.82, 2.24) is 5.32 Å². The fourth-order valence-corrected chi connectivity index (χ4v) is 2.36. The van der Waals surface area contributed by atoms with E-state index in [-0.39, 0.29) is 0 Å². The van der Waals surface area contributed by atoms with E-state index in [1.54, 1.807) is 0 Å². The summed E-state index contributed by atoms with van der Waals surface area (Å²) in [6.07, 6.45) is 0. The lowest BCUT2D eigenvalue weighted by atomic mass is 10.1. The molecule has 0 aliphatic carbocycles. The first-order valence-corrected chi connectivity index (χ1v) is 5.73. The molecule has 1 N–H and O–H groups in total. The molecule has 0 radical (unpaired) electrons. The molecule has 2 unspecified atom stereocenters. The summed E-state index contributed by atoms with van der Waals surface area (Å²) in [6, 6.07) is 9.92. The maximum atomic E-state index is 3.55. The molecule has 0 spiro atoms. The van der Waals surface area contributed by atoms with E-state index >= 15 is 0 Å². The molecule has 82 valence electrons. The summed E-state index contributed by atoms with van der Waals surface area (Å²) in [5, 5.41) is 3.55. The van der Waals surface area contributed by atoms with Gasteiger partial charge in [0, 0.05) is 30.9 Å². The van der Waals surface area contributed by atoms with Gasteiger partial charge in [-0.3, -0.25) is 0 Å². The number of anilines is 1. The van der Waals surface area contributed by atoms with Crippen LogP contribution in [0.4, 0.5) is 5.69 Å². The van der Waals surface area contributed by atoms with Crippen LogP contribution < -0.4 is 10.2 Å². The minimum Gasteiger partial charge on any atom is -0.368 e. The first-order valence-electron chi connectivity index (χ1n) is 5.73. The standard InChI is InChI=1S/C13H20N2/c1-10-5-4-6-13(7-10)15-8-11(2)14-12(3)9-15/h4-7,11-12,14H,8-9H2,1-3H3. The van der Waals surface area contributed by atoms with Crippen molar-refractivity contribution in [3.8, 4) is 0 Å². The van der Waals surface area contributed by atoms with Crippen molar-refractivity contribution in [3.05, 3.63) is 29.8 Å². The molecule has 1 fully saturated rings. The minimum atomic E-state index is 0.578. The van der Waals surface area contributed by atoms with Gasteiger partial charge in [-0.1, -0.05) is 12.1 Å². The molecule has 0 bridgehead atoms. The van der Waals surface area contributed by atoms with Crippen LogP contribution in [0.3, 0.4) is 0 Å². The summed E-state index contributed by atoms with van der Waals surface area (Å²) in [5.74, 6) is 0. The maximum Gasteiger partial charge on any atom is 0.0369 e. The molecule has 1 aromatic carbocycles. The molecule has 1 aliphatic rings. The third-order valence-corrected chi connectivity index (χ3v) is 2.92. The Bertz CT molecular complexity index is 325. The third kappa shape index (κ3) is 2.51. The van der Waals surface area contributed by atoms with Gasteiger partial charge in [0.15, 0.2) is 0 Å². The summed E-state index contributed by atoms with van der Waals surface area (Å²) in [5.41, 5.74) is 2.70. The van der Waals surface area contributed by atoms with Crippen LogP contribution in [0.2, 0.25) is 0 Å². The fourth-order valence-electron chi connectivity index (χ4n) is 2.36. The number of aryl methyl sites for hydroxylation is 1. The number of hydrogen-bond acceptors (Lipinski definition) is 2.